The fourth-order valence-electron chi connectivity index (χ4n) is 2.13. The second-order valence-corrected chi connectivity index (χ2v) is 5.00. The lowest BCUT2D eigenvalue weighted by Crippen LogP contribution is -2.16. The second-order valence-electron chi connectivity index (χ2n) is 5.00. The maximum absolute atomic E-state index is 6.33. The van der Waals surface area contributed by atoms with Crippen molar-refractivity contribution >= 4 is 0 Å². The lowest BCUT2D eigenvalue weighted by atomic mass is 10.0. The van der Waals surface area contributed by atoms with Gasteiger partial charge in [0.2, 0.25) is 0 Å². The lowest BCUT2D eigenvalue weighted by molar-refractivity contribution is 0.241. The molecule has 0 aliphatic heterocycles. The van der Waals surface area contributed by atoms with Crippen LogP contribution in [0.2, 0.25) is 0 Å². The molecule has 2 aromatic heterocycles. The van der Waals surface area contributed by atoms with E-state index in [-0.39, 0.29) is 12.1 Å². The molecule has 106 valence electrons. The van der Waals surface area contributed by atoms with Crippen molar-refractivity contribution in [3.63, 3.8) is 0 Å². The molecule has 2 N–H and O–H groups in total. The molecule has 0 amide bonds. The molecule has 0 fully saturated rings. The largest absolute Gasteiger partial charge is 0.489 e. The summed E-state index contributed by atoms with van der Waals surface area (Å²) in [5.74, 6) is 0.738. The molecule has 2 heterocycles. The summed E-state index contributed by atoms with van der Waals surface area (Å²) in [6.45, 7) is 6.07. The molecule has 0 saturated heterocycles. The van der Waals surface area contributed by atoms with E-state index < -0.39 is 0 Å². The summed E-state index contributed by atoms with van der Waals surface area (Å²) < 4.78 is 5.66. The third kappa shape index (κ3) is 3.33. The van der Waals surface area contributed by atoms with Gasteiger partial charge in [0.15, 0.2) is 0 Å². The van der Waals surface area contributed by atoms with Gasteiger partial charge in [-0.1, -0.05) is 13.0 Å². The monoisotopic (exact) mass is 271 g/mol. The number of aryl methyl sites for hydroxylation is 1. The third-order valence-corrected chi connectivity index (χ3v) is 3.07. The zero-order valence-corrected chi connectivity index (χ0v) is 12.2. The summed E-state index contributed by atoms with van der Waals surface area (Å²) in [5, 5.41) is 0. The molecule has 0 radical (unpaired) electrons. The van der Waals surface area contributed by atoms with Gasteiger partial charge in [0.1, 0.15) is 5.75 Å². The van der Waals surface area contributed by atoms with Crippen LogP contribution >= 0.6 is 0 Å². The van der Waals surface area contributed by atoms with Crippen LogP contribution < -0.4 is 10.5 Å². The van der Waals surface area contributed by atoms with Crippen molar-refractivity contribution in [2.45, 2.75) is 39.3 Å². The van der Waals surface area contributed by atoms with Gasteiger partial charge in [-0.3, -0.25) is 9.97 Å². The highest BCUT2D eigenvalue weighted by Gasteiger charge is 2.15. The summed E-state index contributed by atoms with van der Waals surface area (Å²) in [6.07, 6.45) is 6.27. The Labute approximate surface area is 120 Å². The van der Waals surface area contributed by atoms with Gasteiger partial charge in [0.05, 0.1) is 24.0 Å². The highest BCUT2D eigenvalue weighted by atomic mass is 16.5. The highest BCUT2D eigenvalue weighted by molar-refractivity contribution is 5.34. The average Bonchev–Trinajstić information content (AvgIpc) is 2.46. The number of aromatic nitrogens is 2. The Hall–Kier alpha value is -1.94. The molecule has 4 nitrogen and oxygen atoms in total. The fourth-order valence-corrected chi connectivity index (χ4v) is 2.13. The van der Waals surface area contributed by atoms with Crippen LogP contribution in [0, 0.1) is 0 Å². The van der Waals surface area contributed by atoms with Gasteiger partial charge in [-0.05, 0) is 43.5 Å². The molecule has 1 atom stereocenters. The molecule has 2 aromatic rings. The van der Waals surface area contributed by atoms with Crippen molar-refractivity contribution in [3.05, 3.63) is 53.6 Å². The number of hydrogen-bond acceptors (Lipinski definition) is 4. The summed E-state index contributed by atoms with van der Waals surface area (Å²) in [6, 6.07) is 5.65. The van der Waals surface area contributed by atoms with Gasteiger partial charge in [0.25, 0.3) is 0 Å². The normalized spacial score (nSPS) is 12.4. The van der Waals surface area contributed by atoms with E-state index in [1.54, 1.807) is 18.6 Å². The molecule has 2 rings (SSSR count). The maximum atomic E-state index is 6.33. The first-order valence-corrected chi connectivity index (χ1v) is 6.92. The van der Waals surface area contributed by atoms with Crippen LogP contribution in [0.1, 0.15) is 43.6 Å². The van der Waals surface area contributed by atoms with Crippen LogP contribution in [0.3, 0.4) is 0 Å². The minimum atomic E-state index is -0.283. The van der Waals surface area contributed by atoms with Crippen molar-refractivity contribution in [1.29, 1.82) is 0 Å². The third-order valence-electron chi connectivity index (χ3n) is 3.07. The molecule has 0 aliphatic carbocycles. The summed E-state index contributed by atoms with van der Waals surface area (Å²) in [5.41, 5.74) is 9.31. The topological polar surface area (TPSA) is 61.0 Å². The maximum Gasteiger partial charge on any atom is 0.138 e. The van der Waals surface area contributed by atoms with Crippen LogP contribution in [0.25, 0.3) is 0 Å². The minimum absolute atomic E-state index is 0.115. The molecule has 0 aliphatic rings. The predicted octanol–water partition coefficient (Wildman–Crippen LogP) is 2.87. The van der Waals surface area contributed by atoms with E-state index in [0.717, 1.165) is 29.0 Å². The summed E-state index contributed by atoms with van der Waals surface area (Å²) in [7, 11) is 0. The number of hydrogen-bond donors (Lipinski definition) is 1. The second kappa shape index (κ2) is 6.48. The van der Waals surface area contributed by atoms with E-state index in [1.807, 2.05) is 26.0 Å². The molecule has 20 heavy (non-hydrogen) atoms. The SMILES string of the molecule is CCc1cccnc1C(N)c1cncc(OC(C)C)c1. The van der Waals surface area contributed by atoms with Crippen molar-refractivity contribution in [1.82, 2.24) is 9.97 Å². The Bertz CT molecular complexity index is 569. The number of rotatable bonds is 5. The Morgan fingerprint density at radius 3 is 2.80 bits per heavy atom. The zero-order valence-electron chi connectivity index (χ0n) is 12.2. The number of nitrogens with zero attached hydrogens (tertiary/aromatic N) is 2. The Morgan fingerprint density at radius 2 is 2.10 bits per heavy atom. The van der Waals surface area contributed by atoms with E-state index in [9.17, 15) is 0 Å². The molecular formula is C16H21N3O. The predicted molar refractivity (Wildman–Crippen MR) is 79.6 cm³/mol. The highest BCUT2D eigenvalue weighted by Crippen LogP contribution is 2.23. The Morgan fingerprint density at radius 1 is 1.30 bits per heavy atom. The van der Waals surface area contributed by atoms with Crippen LogP contribution in [-0.4, -0.2) is 16.1 Å². The van der Waals surface area contributed by atoms with Gasteiger partial charge < -0.3 is 10.5 Å². The quantitative estimate of drug-likeness (QED) is 0.908. The van der Waals surface area contributed by atoms with Crippen molar-refractivity contribution in [2.24, 2.45) is 5.73 Å². The molecule has 0 aromatic carbocycles. The Balaban J connectivity index is 2.30. The molecule has 0 saturated carbocycles. The van der Waals surface area contributed by atoms with Gasteiger partial charge in [-0.15, -0.1) is 0 Å². The molecular weight excluding hydrogens is 250 g/mol. The number of nitrogens with two attached hydrogens (primary N) is 1. The zero-order chi connectivity index (χ0) is 14.5. The summed E-state index contributed by atoms with van der Waals surface area (Å²) >= 11 is 0. The number of ether oxygens (including phenoxy) is 1. The molecule has 1 unspecified atom stereocenters. The van der Waals surface area contributed by atoms with Crippen molar-refractivity contribution in [3.8, 4) is 5.75 Å². The number of pyridine rings is 2. The van der Waals surface area contributed by atoms with E-state index >= 15 is 0 Å². The van der Waals surface area contributed by atoms with Crippen molar-refractivity contribution < 1.29 is 4.74 Å². The molecule has 0 spiro atoms. The smallest absolute Gasteiger partial charge is 0.138 e. The van der Waals surface area contributed by atoms with E-state index in [1.165, 1.54) is 0 Å². The van der Waals surface area contributed by atoms with E-state index in [2.05, 4.69) is 23.0 Å². The molecule has 4 heteroatoms. The van der Waals surface area contributed by atoms with Gasteiger partial charge >= 0.3 is 0 Å². The molecule has 0 bridgehead atoms. The first-order chi connectivity index (χ1) is 9.61. The van der Waals surface area contributed by atoms with Crippen molar-refractivity contribution in [2.75, 3.05) is 0 Å². The van der Waals surface area contributed by atoms with Gasteiger partial charge in [-0.2, -0.15) is 0 Å². The minimum Gasteiger partial charge on any atom is -0.489 e. The van der Waals surface area contributed by atoms with Gasteiger partial charge in [0, 0.05) is 12.4 Å². The lowest BCUT2D eigenvalue weighted by Gasteiger charge is -2.16. The summed E-state index contributed by atoms with van der Waals surface area (Å²) in [4.78, 5) is 8.63. The standard InChI is InChI=1S/C16H21N3O/c1-4-12-6-5-7-19-16(12)15(17)13-8-14(10-18-9-13)20-11(2)3/h5-11,15H,4,17H2,1-3H3. The van der Waals surface area contributed by atoms with Gasteiger partial charge in [-0.25, -0.2) is 0 Å². The van der Waals surface area contributed by atoms with Crippen LogP contribution in [0.4, 0.5) is 0 Å². The van der Waals surface area contributed by atoms with E-state index in [0.29, 0.717) is 0 Å². The van der Waals surface area contributed by atoms with E-state index in [4.69, 9.17) is 10.5 Å². The van der Waals surface area contributed by atoms with Crippen LogP contribution in [-0.2, 0) is 6.42 Å². The fraction of sp³-hybridized carbons (Fsp3) is 0.375. The Kier molecular flexibility index (Phi) is 4.69. The first-order valence-electron chi connectivity index (χ1n) is 6.92. The average molecular weight is 271 g/mol. The first kappa shape index (κ1) is 14.5. The van der Waals surface area contributed by atoms with Crippen LogP contribution in [0.15, 0.2) is 36.8 Å². The van der Waals surface area contributed by atoms with Crippen LogP contribution in [0.5, 0.6) is 5.75 Å².